The zero-order valence-electron chi connectivity index (χ0n) is 17.0. The molecule has 1 fully saturated rings. The van der Waals surface area contributed by atoms with Crippen LogP contribution in [0.4, 0.5) is 4.39 Å². The van der Waals surface area contributed by atoms with Crippen LogP contribution in [0, 0.1) is 5.82 Å². The van der Waals surface area contributed by atoms with Crippen molar-refractivity contribution < 1.29 is 9.13 Å². The Hall–Kier alpha value is -2.29. The molecule has 5 nitrogen and oxygen atoms in total. The number of hydrogen-bond acceptors (Lipinski definition) is 5. The third-order valence-electron chi connectivity index (χ3n) is 5.35. The van der Waals surface area contributed by atoms with Crippen LogP contribution in [0.5, 0.6) is 0 Å². The number of nitrogens with one attached hydrogen (secondary N) is 1. The molecule has 2 aromatic heterocycles. The molecule has 31 heavy (non-hydrogen) atoms. The molecule has 0 bridgehead atoms. The Labute approximate surface area is 188 Å². The molecule has 160 valence electrons. The lowest BCUT2D eigenvalue weighted by molar-refractivity contribution is 0.0953. The molecule has 0 spiro atoms. The molecule has 2 aromatic carbocycles. The summed E-state index contributed by atoms with van der Waals surface area (Å²) in [5.74, 6) is 2.47. The normalized spacial score (nSPS) is 16.4. The SMILES string of the molecule is Fc1ccc(SCCSc2nnc(-c3c[nH]c4ccccc34)n2CC2CCCO2)cc1. The van der Waals surface area contributed by atoms with Gasteiger partial charge in [0, 0.05) is 45.7 Å². The van der Waals surface area contributed by atoms with Gasteiger partial charge >= 0.3 is 0 Å². The number of fused-ring (bicyclic) bond motifs is 1. The number of halogens is 1. The second-order valence-corrected chi connectivity index (χ2v) is 9.68. The summed E-state index contributed by atoms with van der Waals surface area (Å²) >= 11 is 3.42. The highest BCUT2D eigenvalue weighted by atomic mass is 32.2. The predicted molar refractivity (Wildman–Crippen MR) is 124 cm³/mol. The van der Waals surface area contributed by atoms with Crippen molar-refractivity contribution in [1.29, 1.82) is 0 Å². The fourth-order valence-corrected chi connectivity index (χ4v) is 5.66. The van der Waals surface area contributed by atoms with Gasteiger partial charge in [-0.05, 0) is 43.2 Å². The number of aromatic nitrogens is 4. The maximum absolute atomic E-state index is 13.1. The van der Waals surface area contributed by atoms with Crippen LogP contribution in [0.1, 0.15) is 12.8 Å². The third kappa shape index (κ3) is 4.66. The van der Waals surface area contributed by atoms with E-state index in [2.05, 4.69) is 31.9 Å². The van der Waals surface area contributed by atoms with Gasteiger partial charge in [-0.1, -0.05) is 30.0 Å². The van der Waals surface area contributed by atoms with E-state index in [0.29, 0.717) is 0 Å². The molecule has 1 unspecified atom stereocenters. The molecular weight excluding hydrogens is 431 g/mol. The maximum atomic E-state index is 13.1. The first-order valence-electron chi connectivity index (χ1n) is 10.4. The zero-order chi connectivity index (χ0) is 21.0. The van der Waals surface area contributed by atoms with Gasteiger partial charge in [0.15, 0.2) is 11.0 Å². The minimum Gasteiger partial charge on any atom is -0.376 e. The lowest BCUT2D eigenvalue weighted by Crippen LogP contribution is -2.16. The highest BCUT2D eigenvalue weighted by Crippen LogP contribution is 2.31. The van der Waals surface area contributed by atoms with Crippen molar-refractivity contribution in [1.82, 2.24) is 19.7 Å². The van der Waals surface area contributed by atoms with Crippen molar-refractivity contribution in [3.8, 4) is 11.4 Å². The maximum Gasteiger partial charge on any atom is 0.191 e. The highest BCUT2D eigenvalue weighted by molar-refractivity contribution is 8.02. The Morgan fingerprint density at radius 1 is 1.06 bits per heavy atom. The number of ether oxygens (including phenoxy) is 1. The summed E-state index contributed by atoms with van der Waals surface area (Å²) in [5, 5.41) is 11.1. The summed E-state index contributed by atoms with van der Waals surface area (Å²) < 4.78 is 21.2. The number of H-pyrrole nitrogens is 1. The van der Waals surface area contributed by atoms with Crippen LogP contribution in [-0.2, 0) is 11.3 Å². The molecule has 5 rings (SSSR count). The van der Waals surface area contributed by atoms with Gasteiger partial charge in [-0.15, -0.1) is 22.0 Å². The monoisotopic (exact) mass is 454 g/mol. The first kappa shape index (κ1) is 20.6. The minimum absolute atomic E-state index is 0.202. The number of thioether (sulfide) groups is 2. The minimum atomic E-state index is -0.203. The summed E-state index contributed by atoms with van der Waals surface area (Å²) in [7, 11) is 0. The average molecular weight is 455 g/mol. The smallest absolute Gasteiger partial charge is 0.191 e. The summed E-state index contributed by atoms with van der Waals surface area (Å²) in [6.07, 6.45) is 4.38. The van der Waals surface area contributed by atoms with Crippen molar-refractivity contribution in [3.63, 3.8) is 0 Å². The fourth-order valence-electron chi connectivity index (χ4n) is 3.83. The van der Waals surface area contributed by atoms with E-state index in [-0.39, 0.29) is 11.9 Å². The molecule has 8 heteroatoms. The number of para-hydroxylation sites is 1. The van der Waals surface area contributed by atoms with Crippen molar-refractivity contribution in [2.75, 3.05) is 18.1 Å². The lowest BCUT2D eigenvalue weighted by atomic mass is 10.1. The van der Waals surface area contributed by atoms with Crippen LogP contribution in [-0.4, -0.2) is 44.0 Å². The molecule has 0 radical (unpaired) electrons. The van der Waals surface area contributed by atoms with Crippen molar-refractivity contribution in [2.24, 2.45) is 0 Å². The molecule has 1 N–H and O–H groups in total. The van der Waals surface area contributed by atoms with Crippen LogP contribution in [0.25, 0.3) is 22.3 Å². The van der Waals surface area contributed by atoms with Gasteiger partial charge in [0.25, 0.3) is 0 Å². The summed E-state index contributed by atoms with van der Waals surface area (Å²) in [5.41, 5.74) is 2.16. The molecule has 1 atom stereocenters. The molecule has 0 aliphatic carbocycles. The number of benzene rings is 2. The van der Waals surface area contributed by atoms with Crippen LogP contribution in [0.15, 0.2) is 64.8 Å². The second-order valence-electron chi connectivity index (χ2n) is 7.45. The number of aromatic amines is 1. The van der Waals surface area contributed by atoms with E-state index in [4.69, 9.17) is 4.74 Å². The standard InChI is InChI=1S/C23H23FN4OS2/c24-16-7-9-18(10-8-16)30-12-13-31-23-27-26-22(28(23)15-17-4-3-11-29-17)20-14-25-21-6-2-1-5-19(20)21/h1-2,5-10,14,17,25H,3-4,11-13,15H2. The predicted octanol–water partition coefficient (Wildman–Crippen LogP) is 5.63. The Bertz CT molecular complexity index is 1150. The van der Waals surface area contributed by atoms with E-state index in [1.165, 1.54) is 12.1 Å². The van der Waals surface area contributed by atoms with E-state index in [1.54, 1.807) is 23.5 Å². The van der Waals surface area contributed by atoms with Gasteiger partial charge in [-0.2, -0.15) is 0 Å². The van der Waals surface area contributed by atoms with Gasteiger partial charge in [0.2, 0.25) is 0 Å². The Morgan fingerprint density at radius 2 is 1.90 bits per heavy atom. The molecule has 0 saturated carbocycles. The molecule has 1 aliphatic rings. The van der Waals surface area contributed by atoms with Crippen LogP contribution < -0.4 is 0 Å². The lowest BCUT2D eigenvalue weighted by Gasteiger charge is -2.14. The van der Waals surface area contributed by atoms with Crippen molar-refractivity contribution in [2.45, 2.75) is 35.5 Å². The highest BCUT2D eigenvalue weighted by Gasteiger charge is 2.23. The molecule has 0 amide bonds. The van der Waals surface area contributed by atoms with Gasteiger partial charge < -0.3 is 9.72 Å². The number of nitrogens with zero attached hydrogens (tertiary/aromatic N) is 3. The molecular formula is C23H23FN4OS2. The Balaban J connectivity index is 1.34. The molecule has 3 heterocycles. The van der Waals surface area contributed by atoms with Crippen molar-refractivity contribution >= 4 is 34.4 Å². The topological polar surface area (TPSA) is 55.7 Å². The van der Waals surface area contributed by atoms with Gasteiger partial charge in [0.05, 0.1) is 12.6 Å². The van der Waals surface area contributed by atoms with Gasteiger partial charge in [-0.25, -0.2) is 4.39 Å². The largest absolute Gasteiger partial charge is 0.376 e. The molecule has 1 aliphatic heterocycles. The van der Waals surface area contributed by atoms with Gasteiger partial charge in [0.1, 0.15) is 5.82 Å². The number of hydrogen-bond donors (Lipinski definition) is 1. The van der Waals surface area contributed by atoms with E-state index in [1.807, 2.05) is 30.5 Å². The summed E-state index contributed by atoms with van der Waals surface area (Å²) in [4.78, 5) is 4.41. The summed E-state index contributed by atoms with van der Waals surface area (Å²) in [6, 6.07) is 14.9. The van der Waals surface area contributed by atoms with E-state index in [9.17, 15) is 4.39 Å². The number of rotatable bonds is 8. The Morgan fingerprint density at radius 3 is 2.74 bits per heavy atom. The van der Waals surface area contributed by atoms with Crippen LogP contribution in [0.2, 0.25) is 0 Å². The first-order valence-corrected chi connectivity index (χ1v) is 12.4. The van der Waals surface area contributed by atoms with E-state index < -0.39 is 0 Å². The third-order valence-corrected chi connectivity index (χ3v) is 7.59. The summed E-state index contributed by atoms with van der Waals surface area (Å²) in [6.45, 7) is 1.58. The first-order chi connectivity index (χ1) is 15.3. The van der Waals surface area contributed by atoms with Crippen LogP contribution in [0.3, 0.4) is 0 Å². The average Bonchev–Trinajstić information content (AvgIpc) is 3.53. The second kappa shape index (κ2) is 9.46. The van der Waals surface area contributed by atoms with Crippen molar-refractivity contribution in [3.05, 3.63) is 60.5 Å². The van der Waals surface area contributed by atoms with E-state index in [0.717, 1.165) is 69.8 Å². The molecule has 4 aromatic rings. The van der Waals surface area contributed by atoms with E-state index >= 15 is 0 Å². The quantitative estimate of drug-likeness (QED) is 0.276. The van der Waals surface area contributed by atoms with Crippen LogP contribution >= 0.6 is 23.5 Å². The zero-order valence-corrected chi connectivity index (χ0v) is 18.6. The molecule has 1 saturated heterocycles. The fraction of sp³-hybridized carbons (Fsp3) is 0.304. The Kier molecular flexibility index (Phi) is 6.29. The van der Waals surface area contributed by atoms with Gasteiger partial charge in [-0.3, -0.25) is 4.57 Å².